The number of hydrogen-bond acceptors (Lipinski definition) is 6. The van der Waals surface area contributed by atoms with Gasteiger partial charge in [0.05, 0.1) is 27.3 Å². The van der Waals surface area contributed by atoms with Crippen LogP contribution in [0, 0.1) is 10.1 Å². The van der Waals surface area contributed by atoms with Crippen LogP contribution in [0.15, 0.2) is 54.6 Å². The van der Waals surface area contributed by atoms with Crippen LogP contribution in [0.4, 0.5) is 5.69 Å². The van der Waals surface area contributed by atoms with Gasteiger partial charge < -0.3 is 18.6 Å². The number of benzene rings is 4. The highest BCUT2D eigenvalue weighted by molar-refractivity contribution is 6.62. The third-order valence-electron chi connectivity index (χ3n) is 22.4. The van der Waals surface area contributed by atoms with Crippen molar-refractivity contribution in [3.8, 4) is 33.4 Å². The first kappa shape index (κ1) is 64.7. The molecule has 0 radical (unpaired) electrons. The molecule has 9 heteroatoms. The van der Waals surface area contributed by atoms with Gasteiger partial charge in [-0.25, -0.2) is 0 Å². The Kier molecular flexibility index (Phi) is 20.4. The Balaban J connectivity index is 1.52. The Morgan fingerprint density at radius 3 is 0.857 bits per heavy atom. The average Bonchev–Trinajstić information content (AvgIpc) is 1.49. The molecule has 7 nitrogen and oxygen atoms in total. The van der Waals surface area contributed by atoms with Gasteiger partial charge in [0.25, 0.3) is 5.69 Å². The first-order chi connectivity index (χ1) is 40.2. The van der Waals surface area contributed by atoms with Crippen LogP contribution in [-0.4, -0.2) is 41.6 Å². The van der Waals surface area contributed by atoms with Crippen LogP contribution in [0.5, 0.6) is 0 Å². The molecule has 2 aliphatic heterocycles. The van der Waals surface area contributed by atoms with E-state index in [1.54, 1.807) is 5.56 Å². The number of nitro groups is 1. The summed E-state index contributed by atoms with van der Waals surface area (Å²) in [5, 5.41) is 13.5. The number of unbranched alkanes of at least 4 members (excludes halogenated alkanes) is 18. The Morgan fingerprint density at radius 1 is 0.357 bits per heavy atom. The first-order valence-electron chi connectivity index (χ1n) is 34.8. The van der Waals surface area contributed by atoms with Crippen LogP contribution >= 0.6 is 0 Å². The van der Waals surface area contributed by atoms with Gasteiger partial charge in [0.1, 0.15) is 0 Å². The summed E-state index contributed by atoms with van der Waals surface area (Å²) in [5.41, 5.74) is 16.2. The molecule has 9 rings (SSSR count). The second-order valence-electron chi connectivity index (χ2n) is 29.1. The molecule has 5 aliphatic rings. The molecule has 0 spiro atoms. The van der Waals surface area contributed by atoms with E-state index in [0.29, 0.717) is 0 Å². The molecule has 2 saturated heterocycles. The normalized spacial score (nSPS) is 19.1. The van der Waals surface area contributed by atoms with Gasteiger partial charge in [0, 0.05) is 28.4 Å². The summed E-state index contributed by atoms with van der Waals surface area (Å²) >= 11 is 0. The number of hydrogen-bond donors (Lipinski definition) is 0. The smallest absolute Gasteiger partial charge is 0.399 e. The van der Waals surface area contributed by atoms with Gasteiger partial charge in [0.15, 0.2) is 0 Å². The molecule has 0 unspecified atom stereocenters. The number of nitrogens with zero attached hydrogens (tertiary/aromatic N) is 1. The van der Waals surface area contributed by atoms with Crippen molar-refractivity contribution in [2.24, 2.45) is 0 Å². The van der Waals surface area contributed by atoms with Gasteiger partial charge >= 0.3 is 14.2 Å². The molecule has 0 bridgehead atoms. The zero-order valence-corrected chi connectivity index (χ0v) is 55.5. The maximum Gasteiger partial charge on any atom is 0.494 e. The highest BCUT2D eigenvalue weighted by Crippen LogP contribution is 2.71. The van der Waals surface area contributed by atoms with Crippen molar-refractivity contribution in [3.63, 3.8) is 0 Å². The SMILES string of the molecule is CCCCCCC1(CCCCCC)c2ccc(B3OC(C)(C)C(C)(C)O3)cc2-c2c1c1c(c3c2C(CCCCCC)(CCCCCC)c2ccc([N+](=O)[O-])cc2-3)C(CCCCCC)(CCCCCC)c2ccc(B3OC(C)(C)C(C)(C)O3)cc2-1. The van der Waals surface area contributed by atoms with Gasteiger partial charge in [-0.1, -0.05) is 238 Å². The number of fused-ring (bicyclic) bond motifs is 12. The van der Waals surface area contributed by atoms with Crippen LogP contribution in [0.2, 0.25) is 0 Å². The molecular formula is C75H111B2NO6. The lowest BCUT2D eigenvalue weighted by Gasteiger charge is -2.39. The zero-order valence-electron chi connectivity index (χ0n) is 55.5. The van der Waals surface area contributed by atoms with Gasteiger partial charge in [-0.15, -0.1) is 0 Å². The fourth-order valence-electron chi connectivity index (χ4n) is 16.3. The molecule has 0 saturated carbocycles. The molecule has 0 amide bonds. The van der Waals surface area contributed by atoms with Gasteiger partial charge in [-0.05, 0) is 172 Å². The molecular weight excluding hydrogens is 1030 g/mol. The largest absolute Gasteiger partial charge is 0.494 e. The fraction of sp³-hybridized carbons (Fsp3) is 0.680. The standard InChI is InChI=1S/C75H111B2NO6/c1-15-21-27-33-45-73(46-34-28-22-16-2)60-42-39-54(76-81-69(7,8)70(9,10)82-76)51-57(60)64-66(73)63-58-52-55(77-83-71(11,12)72(13,14)84-77)40-43-61(58)74(47-35-29-23-17-3,48-36-30-24-18-4)67(63)65-59-53-56(78(79)80)41-44-62(59)75(68(64)65,49-37-31-25-19-5)50-38-32-26-20-6/h39-44,51-53H,15-38,45-50H2,1-14H3. The molecule has 2 fully saturated rings. The Bertz CT molecular complexity index is 2800. The zero-order chi connectivity index (χ0) is 60.3. The summed E-state index contributed by atoms with van der Waals surface area (Å²) in [7, 11) is -1.05. The third-order valence-corrected chi connectivity index (χ3v) is 22.4. The summed E-state index contributed by atoms with van der Waals surface area (Å²) in [4.78, 5) is 13.4. The van der Waals surface area contributed by atoms with Crippen molar-refractivity contribution in [2.75, 3.05) is 0 Å². The summed E-state index contributed by atoms with van der Waals surface area (Å²) in [6.45, 7) is 31.5. The van der Waals surface area contributed by atoms with E-state index in [9.17, 15) is 10.1 Å². The molecule has 0 atom stereocenters. The van der Waals surface area contributed by atoms with Crippen LogP contribution in [0.1, 0.15) is 323 Å². The molecule has 2 heterocycles. The minimum Gasteiger partial charge on any atom is -0.399 e. The van der Waals surface area contributed by atoms with E-state index < -0.39 is 36.6 Å². The maximum atomic E-state index is 13.5. The van der Waals surface area contributed by atoms with Crippen molar-refractivity contribution in [1.82, 2.24) is 0 Å². The topological polar surface area (TPSA) is 80.1 Å². The first-order valence-corrected chi connectivity index (χ1v) is 34.8. The van der Waals surface area contributed by atoms with E-state index in [2.05, 4.69) is 145 Å². The van der Waals surface area contributed by atoms with E-state index in [0.717, 1.165) is 93.5 Å². The minimum absolute atomic E-state index is 0.117. The minimum atomic E-state index is -0.523. The van der Waals surface area contributed by atoms with Crippen LogP contribution in [-0.2, 0) is 34.9 Å². The van der Waals surface area contributed by atoms with E-state index in [1.807, 2.05) is 6.07 Å². The highest BCUT2D eigenvalue weighted by atomic mass is 16.7. The Hall–Kier alpha value is -3.75. The Morgan fingerprint density at radius 2 is 0.607 bits per heavy atom. The number of nitro benzene ring substituents is 1. The van der Waals surface area contributed by atoms with Crippen molar-refractivity contribution in [2.45, 2.75) is 328 Å². The molecule has 0 N–H and O–H groups in total. The molecule has 4 aromatic rings. The average molecular weight is 1140 g/mol. The molecule has 3 aliphatic carbocycles. The van der Waals surface area contributed by atoms with Crippen LogP contribution in [0.25, 0.3) is 33.4 Å². The van der Waals surface area contributed by atoms with E-state index >= 15 is 0 Å². The van der Waals surface area contributed by atoms with Gasteiger partial charge in [0.2, 0.25) is 0 Å². The van der Waals surface area contributed by atoms with E-state index in [-0.39, 0.29) is 26.9 Å². The third kappa shape index (κ3) is 11.8. The maximum absolute atomic E-state index is 13.5. The van der Waals surface area contributed by atoms with Crippen molar-refractivity contribution in [1.29, 1.82) is 0 Å². The summed E-state index contributed by atoms with van der Waals surface area (Å²) in [6, 6.07) is 21.2. The highest BCUT2D eigenvalue weighted by Gasteiger charge is 2.60. The lowest BCUT2D eigenvalue weighted by atomic mass is 9.63. The van der Waals surface area contributed by atoms with Gasteiger partial charge in [-0.2, -0.15) is 0 Å². The lowest BCUT2D eigenvalue weighted by Crippen LogP contribution is -2.41. The van der Waals surface area contributed by atoms with Crippen molar-refractivity contribution in [3.05, 3.63) is 98.1 Å². The second-order valence-corrected chi connectivity index (χ2v) is 29.1. The molecule has 0 aromatic heterocycles. The van der Waals surface area contributed by atoms with Crippen LogP contribution in [0.3, 0.4) is 0 Å². The van der Waals surface area contributed by atoms with Crippen molar-refractivity contribution >= 4 is 30.8 Å². The summed E-state index contributed by atoms with van der Waals surface area (Å²) < 4.78 is 28.2. The monoisotopic (exact) mass is 1140 g/mol. The summed E-state index contributed by atoms with van der Waals surface area (Å²) in [6.07, 6.45) is 34.5. The quantitative estimate of drug-likeness (QED) is 0.0205. The lowest BCUT2D eigenvalue weighted by molar-refractivity contribution is -0.384. The van der Waals surface area contributed by atoms with E-state index in [1.165, 1.54) is 171 Å². The molecule has 4 aromatic carbocycles. The fourth-order valence-corrected chi connectivity index (χ4v) is 16.3. The van der Waals surface area contributed by atoms with Crippen LogP contribution < -0.4 is 10.9 Å². The molecule has 84 heavy (non-hydrogen) atoms. The Labute approximate surface area is 511 Å². The second kappa shape index (κ2) is 26.5. The van der Waals surface area contributed by atoms with E-state index in [4.69, 9.17) is 18.6 Å². The number of non-ortho nitro benzene ring substituents is 1. The predicted molar refractivity (Wildman–Crippen MR) is 356 cm³/mol. The predicted octanol–water partition coefficient (Wildman–Crippen LogP) is 20.8. The number of rotatable bonds is 33. The summed E-state index contributed by atoms with van der Waals surface area (Å²) in [5.74, 6) is 0. The van der Waals surface area contributed by atoms with Crippen molar-refractivity contribution < 1.29 is 23.5 Å². The van der Waals surface area contributed by atoms with Gasteiger partial charge in [-0.3, -0.25) is 10.1 Å². The molecule has 458 valence electrons.